The Kier molecular flexibility index (Phi) is 4.88. The second-order valence-electron chi connectivity index (χ2n) is 4.01. The lowest BCUT2D eigenvalue weighted by molar-refractivity contribution is 0.0947. The van der Waals surface area contributed by atoms with Crippen molar-refractivity contribution in [3.05, 3.63) is 57.5 Å². The molecule has 0 spiro atoms. The Morgan fingerprint density at radius 3 is 2.95 bits per heavy atom. The van der Waals surface area contributed by atoms with Crippen molar-refractivity contribution in [2.45, 2.75) is 6.54 Å². The highest BCUT2D eigenvalue weighted by molar-refractivity contribution is 7.07. The van der Waals surface area contributed by atoms with Crippen LogP contribution in [0.4, 0.5) is 4.39 Å². The molecule has 0 aliphatic rings. The summed E-state index contributed by atoms with van der Waals surface area (Å²) in [6.07, 6.45) is 0. The summed E-state index contributed by atoms with van der Waals surface area (Å²) in [5.74, 6) is 4.43. The maximum Gasteiger partial charge on any atom is 0.254 e. The first-order valence-electron chi connectivity index (χ1n) is 5.98. The molecular formula is C15H13FN2OS. The zero-order chi connectivity index (χ0) is 14.4. The lowest BCUT2D eigenvalue weighted by Gasteiger charge is -2.05. The van der Waals surface area contributed by atoms with Crippen LogP contribution in [0.1, 0.15) is 21.5 Å². The average molecular weight is 288 g/mol. The molecule has 20 heavy (non-hydrogen) atoms. The third-order valence-corrected chi connectivity index (χ3v) is 3.31. The molecule has 2 aromatic rings. The Labute approximate surface area is 120 Å². The second kappa shape index (κ2) is 6.85. The van der Waals surface area contributed by atoms with Crippen LogP contribution in [-0.4, -0.2) is 12.5 Å². The van der Waals surface area contributed by atoms with E-state index in [9.17, 15) is 9.18 Å². The molecule has 0 saturated carbocycles. The van der Waals surface area contributed by atoms with Gasteiger partial charge in [0.05, 0.1) is 12.1 Å². The van der Waals surface area contributed by atoms with Crippen molar-refractivity contribution in [2.75, 3.05) is 6.54 Å². The van der Waals surface area contributed by atoms with E-state index in [0.717, 1.165) is 5.56 Å². The highest BCUT2D eigenvalue weighted by atomic mass is 32.1. The number of thiophene rings is 1. The normalized spacial score (nSPS) is 9.70. The molecule has 102 valence electrons. The molecule has 0 unspecified atom stereocenters. The smallest absolute Gasteiger partial charge is 0.254 e. The number of hydrogen-bond acceptors (Lipinski definition) is 3. The minimum Gasteiger partial charge on any atom is -0.348 e. The Bertz CT molecular complexity index is 656. The molecule has 2 rings (SSSR count). The SMILES string of the molecule is NCC#Cc1ccc(F)c(C(=O)NCc2ccsc2)c1. The van der Waals surface area contributed by atoms with Crippen LogP contribution in [0.15, 0.2) is 35.0 Å². The van der Waals surface area contributed by atoms with Gasteiger partial charge >= 0.3 is 0 Å². The lowest BCUT2D eigenvalue weighted by Crippen LogP contribution is -2.23. The number of hydrogen-bond donors (Lipinski definition) is 2. The number of rotatable bonds is 3. The maximum absolute atomic E-state index is 13.7. The number of carbonyl (C=O) groups excluding carboxylic acids is 1. The molecule has 1 amide bonds. The molecule has 1 aromatic carbocycles. The van der Waals surface area contributed by atoms with Gasteiger partial charge in [0, 0.05) is 12.1 Å². The quantitative estimate of drug-likeness (QED) is 0.850. The molecular weight excluding hydrogens is 275 g/mol. The summed E-state index contributed by atoms with van der Waals surface area (Å²) < 4.78 is 13.7. The summed E-state index contributed by atoms with van der Waals surface area (Å²) in [6, 6.07) is 6.10. The standard InChI is InChI=1S/C15H13FN2OS/c16-14-4-3-11(2-1-6-17)8-13(14)15(19)18-9-12-5-7-20-10-12/h3-5,7-8,10H,6,9,17H2,(H,18,19). The first kappa shape index (κ1) is 14.3. The number of halogens is 1. The summed E-state index contributed by atoms with van der Waals surface area (Å²) in [5.41, 5.74) is 6.83. The summed E-state index contributed by atoms with van der Waals surface area (Å²) >= 11 is 1.55. The van der Waals surface area contributed by atoms with E-state index in [1.165, 1.54) is 18.2 Å². The second-order valence-corrected chi connectivity index (χ2v) is 4.79. The fraction of sp³-hybridized carbons (Fsp3) is 0.133. The van der Waals surface area contributed by atoms with Gasteiger partial charge in [-0.2, -0.15) is 11.3 Å². The van der Waals surface area contributed by atoms with Crippen molar-refractivity contribution >= 4 is 17.2 Å². The fourth-order valence-electron chi connectivity index (χ4n) is 1.60. The van der Waals surface area contributed by atoms with Crippen LogP contribution in [0.2, 0.25) is 0 Å². The van der Waals surface area contributed by atoms with Crippen molar-refractivity contribution in [3.8, 4) is 11.8 Å². The van der Waals surface area contributed by atoms with Crippen LogP contribution < -0.4 is 11.1 Å². The van der Waals surface area contributed by atoms with E-state index in [1.54, 1.807) is 11.3 Å². The van der Waals surface area contributed by atoms with E-state index in [0.29, 0.717) is 12.1 Å². The molecule has 0 aliphatic heterocycles. The van der Waals surface area contributed by atoms with E-state index in [-0.39, 0.29) is 12.1 Å². The van der Waals surface area contributed by atoms with Gasteiger partial charge in [0.15, 0.2) is 0 Å². The third-order valence-electron chi connectivity index (χ3n) is 2.58. The van der Waals surface area contributed by atoms with Gasteiger partial charge in [-0.05, 0) is 40.6 Å². The van der Waals surface area contributed by atoms with Crippen LogP contribution in [0.3, 0.4) is 0 Å². The molecule has 0 bridgehead atoms. The fourth-order valence-corrected chi connectivity index (χ4v) is 2.27. The van der Waals surface area contributed by atoms with Gasteiger partial charge in [0.1, 0.15) is 5.82 Å². The Morgan fingerprint density at radius 2 is 2.25 bits per heavy atom. The number of carbonyl (C=O) groups is 1. The van der Waals surface area contributed by atoms with Crippen molar-refractivity contribution < 1.29 is 9.18 Å². The third kappa shape index (κ3) is 3.67. The molecule has 5 heteroatoms. The Hall–Kier alpha value is -2.16. The molecule has 3 nitrogen and oxygen atoms in total. The van der Waals surface area contributed by atoms with Gasteiger partial charge < -0.3 is 11.1 Å². The van der Waals surface area contributed by atoms with E-state index < -0.39 is 11.7 Å². The lowest BCUT2D eigenvalue weighted by atomic mass is 10.1. The molecule has 0 fully saturated rings. The summed E-state index contributed by atoms with van der Waals surface area (Å²) in [7, 11) is 0. The summed E-state index contributed by atoms with van der Waals surface area (Å²) in [5, 5.41) is 6.53. The molecule has 0 radical (unpaired) electrons. The van der Waals surface area contributed by atoms with Gasteiger partial charge in [0.2, 0.25) is 0 Å². The van der Waals surface area contributed by atoms with Gasteiger partial charge in [-0.25, -0.2) is 4.39 Å². The van der Waals surface area contributed by atoms with Crippen molar-refractivity contribution in [1.82, 2.24) is 5.32 Å². The molecule has 1 heterocycles. The molecule has 0 saturated heterocycles. The molecule has 3 N–H and O–H groups in total. The minimum absolute atomic E-state index is 0.0101. The first-order valence-corrected chi connectivity index (χ1v) is 6.92. The Balaban J connectivity index is 2.12. The number of nitrogens with two attached hydrogens (primary N) is 1. The van der Waals surface area contributed by atoms with E-state index in [2.05, 4.69) is 17.2 Å². The molecule has 1 aromatic heterocycles. The number of amides is 1. The van der Waals surface area contributed by atoms with Crippen LogP contribution >= 0.6 is 11.3 Å². The molecule has 0 atom stereocenters. The first-order chi connectivity index (χ1) is 9.70. The zero-order valence-corrected chi connectivity index (χ0v) is 11.5. The zero-order valence-electron chi connectivity index (χ0n) is 10.7. The van der Waals surface area contributed by atoms with Crippen molar-refractivity contribution in [3.63, 3.8) is 0 Å². The van der Waals surface area contributed by atoms with Gasteiger partial charge in [-0.3, -0.25) is 4.79 Å². The summed E-state index contributed by atoms with van der Waals surface area (Å²) in [4.78, 5) is 12.0. The van der Waals surface area contributed by atoms with Crippen LogP contribution in [0.25, 0.3) is 0 Å². The topological polar surface area (TPSA) is 55.1 Å². The highest BCUT2D eigenvalue weighted by Crippen LogP contribution is 2.11. The van der Waals surface area contributed by atoms with Crippen LogP contribution in [0, 0.1) is 17.7 Å². The number of benzene rings is 1. The van der Waals surface area contributed by atoms with Crippen LogP contribution in [-0.2, 0) is 6.54 Å². The predicted octanol–water partition coefficient (Wildman–Crippen LogP) is 2.13. The average Bonchev–Trinajstić information content (AvgIpc) is 2.97. The van der Waals surface area contributed by atoms with Crippen molar-refractivity contribution in [1.29, 1.82) is 0 Å². The molecule has 0 aliphatic carbocycles. The summed E-state index contributed by atoms with van der Waals surface area (Å²) in [6.45, 7) is 0.595. The predicted molar refractivity (Wildman–Crippen MR) is 77.8 cm³/mol. The number of nitrogens with one attached hydrogen (secondary N) is 1. The van der Waals surface area contributed by atoms with Gasteiger partial charge in [0.25, 0.3) is 5.91 Å². The van der Waals surface area contributed by atoms with Gasteiger partial charge in [-0.1, -0.05) is 11.8 Å². The maximum atomic E-state index is 13.7. The monoisotopic (exact) mass is 288 g/mol. The van der Waals surface area contributed by atoms with Crippen LogP contribution in [0.5, 0.6) is 0 Å². The Morgan fingerprint density at radius 1 is 1.40 bits per heavy atom. The minimum atomic E-state index is -0.564. The van der Waals surface area contributed by atoms with Gasteiger partial charge in [-0.15, -0.1) is 0 Å². The largest absolute Gasteiger partial charge is 0.348 e. The van der Waals surface area contributed by atoms with E-state index in [1.807, 2.05) is 16.8 Å². The van der Waals surface area contributed by atoms with E-state index in [4.69, 9.17) is 5.73 Å². The van der Waals surface area contributed by atoms with Crippen molar-refractivity contribution in [2.24, 2.45) is 5.73 Å². The van der Waals surface area contributed by atoms with E-state index >= 15 is 0 Å². The highest BCUT2D eigenvalue weighted by Gasteiger charge is 2.11.